The second-order valence-corrected chi connectivity index (χ2v) is 11.0. The molecule has 3 aromatic rings. The van der Waals surface area contributed by atoms with Crippen molar-refractivity contribution in [3.63, 3.8) is 0 Å². The van der Waals surface area contributed by atoms with Gasteiger partial charge in [-0.2, -0.15) is 0 Å². The summed E-state index contributed by atoms with van der Waals surface area (Å²) in [6, 6.07) is 15.7. The first-order chi connectivity index (χ1) is 19.4. The molecule has 206 valence electrons. The van der Waals surface area contributed by atoms with E-state index in [1.165, 1.54) is 12.8 Å². The Hall–Kier alpha value is -4.17. The Balaban J connectivity index is 1.36. The van der Waals surface area contributed by atoms with Gasteiger partial charge in [-0.1, -0.05) is 24.3 Å². The summed E-state index contributed by atoms with van der Waals surface area (Å²) in [6.07, 6.45) is 9.26. The Morgan fingerprint density at radius 1 is 1.05 bits per heavy atom. The molecule has 8 nitrogen and oxygen atoms in total. The summed E-state index contributed by atoms with van der Waals surface area (Å²) in [6.45, 7) is 5.79. The first-order valence-electron chi connectivity index (χ1n) is 14.1. The van der Waals surface area contributed by atoms with E-state index in [4.69, 9.17) is 4.74 Å². The molecular weight excluding hydrogens is 502 g/mol. The molecule has 8 heteroatoms. The van der Waals surface area contributed by atoms with E-state index in [-0.39, 0.29) is 11.9 Å². The number of hydrogen-bond donors (Lipinski definition) is 2. The lowest BCUT2D eigenvalue weighted by molar-refractivity contribution is -0.117. The van der Waals surface area contributed by atoms with Gasteiger partial charge in [0.2, 0.25) is 5.91 Å². The van der Waals surface area contributed by atoms with Gasteiger partial charge in [0.25, 0.3) is 0 Å². The van der Waals surface area contributed by atoms with E-state index in [0.717, 1.165) is 52.7 Å². The summed E-state index contributed by atoms with van der Waals surface area (Å²) in [5, 5.41) is 0.903. The standard InChI is InChI=1S/C32H35N5O3/c1-20-9-10-24-17-26(14-15-28(24)33-20)40-32(39)36-19-21(2)37(22(3)38)30-16-11-23(18-31(30)36)27-7-5-4-6-8-29(27)35-34-25-12-13-25/h5,7,9-11,14-18,21,25,34-35H,4,6,8,12-13,19H2,1-3H3/t21-/m0/s1. The van der Waals surface area contributed by atoms with Crippen LogP contribution in [-0.2, 0) is 4.79 Å². The van der Waals surface area contributed by atoms with Gasteiger partial charge < -0.3 is 15.1 Å². The maximum Gasteiger partial charge on any atom is 0.419 e. The molecule has 1 fully saturated rings. The molecule has 2 N–H and O–H groups in total. The monoisotopic (exact) mass is 537 g/mol. The lowest BCUT2D eigenvalue weighted by Gasteiger charge is -2.40. The molecule has 0 radical (unpaired) electrons. The second kappa shape index (κ2) is 10.8. The largest absolute Gasteiger partial charge is 0.419 e. The number of hydrogen-bond acceptors (Lipinski definition) is 6. The molecule has 1 aromatic heterocycles. The third-order valence-electron chi connectivity index (χ3n) is 7.70. The Bertz CT molecular complexity index is 1540. The predicted octanol–water partition coefficient (Wildman–Crippen LogP) is 6.01. The molecule has 2 aromatic carbocycles. The number of nitrogens with one attached hydrogen (secondary N) is 2. The number of anilines is 2. The highest BCUT2D eigenvalue weighted by molar-refractivity contribution is 6.03. The fourth-order valence-electron chi connectivity index (χ4n) is 5.52. The first kappa shape index (κ1) is 26.1. The van der Waals surface area contributed by atoms with Crippen molar-refractivity contribution in [2.24, 2.45) is 0 Å². The van der Waals surface area contributed by atoms with E-state index in [9.17, 15) is 9.59 Å². The molecule has 0 unspecified atom stereocenters. The van der Waals surface area contributed by atoms with E-state index >= 15 is 0 Å². The number of rotatable bonds is 5. The van der Waals surface area contributed by atoms with Crippen LogP contribution in [0.4, 0.5) is 16.2 Å². The summed E-state index contributed by atoms with van der Waals surface area (Å²) in [5.41, 5.74) is 13.3. The lowest BCUT2D eigenvalue weighted by atomic mass is 9.98. The van der Waals surface area contributed by atoms with Crippen LogP contribution in [0.15, 0.2) is 66.4 Å². The predicted molar refractivity (Wildman–Crippen MR) is 158 cm³/mol. The van der Waals surface area contributed by atoms with Crippen molar-refractivity contribution in [2.75, 3.05) is 16.3 Å². The van der Waals surface area contributed by atoms with Crippen LogP contribution in [0.5, 0.6) is 5.75 Å². The zero-order chi connectivity index (χ0) is 27.8. The normalized spacial score (nSPS) is 18.9. The SMILES string of the molecule is CC(=O)N1c2ccc(C3=C(NNC4CC4)CCCC=C3)cc2N(C(=O)Oc2ccc3nc(C)ccc3c2)C[C@@H]1C. The molecule has 1 aliphatic heterocycles. The van der Waals surface area contributed by atoms with Crippen molar-refractivity contribution in [2.45, 2.75) is 65.0 Å². The van der Waals surface area contributed by atoms with Gasteiger partial charge in [0.15, 0.2) is 0 Å². The Morgan fingerprint density at radius 3 is 2.70 bits per heavy atom. The van der Waals surface area contributed by atoms with Crippen molar-refractivity contribution in [3.8, 4) is 5.75 Å². The maximum atomic E-state index is 13.7. The molecule has 0 spiro atoms. The first-order valence-corrected chi connectivity index (χ1v) is 14.1. The van der Waals surface area contributed by atoms with Crippen molar-refractivity contribution in [3.05, 3.63) is 77.6 Å². The van der Waals surface area contributed by atoms with Crippen LogP contribution < -0.4 is 25.4 Å². The van der Waals surface area contributed by atoms with Crippen LogP contribution in [-0.4, -0.2) is 35.6 Å². The van der Waals surface area contributed by atoms with Crippen molar-refractivity contribution >= 4 is 39.9 Å². The number of nitrogens with zero attached hydrogens (tertiary/aromatic N) is 3. The quantitative estimate of drug-likeness (QED) is 0.388. The van der Waals surface area contributed by atoms with Crippen LogP contribution in [0.1, 0.15) is 57.2 Å². The van der Waals surface area contributed by atoms with Gasteiger partial charge in [0.1, 0.15) is 5.75 Å². The Labute approximate surface area is 234 Å². The fourth-order valence-corrected chi connectivity index (χ4v) is 5.52. The summed E-state index contributed by atoms with van der Waals surface area (Å²) in [5.74, 6) is 0.394. The maximum absolute atomic E-state index is 13.7. The smallest absolute Gasteiger partial charge is 0.410 e. The third kappa shape index (κ3) is 5.31. The van der Waals surface area contributed by atoms with E-state index in [0.29, 0.717) is 29.7 Å². The van der Waals surface area contributed by atoms with Crippen LogP contribution in [0.3, 0.4) is 0 Å². The number of hydrazine groups is 1. The summed E-state index contributed by atoms with van der Waals surface area (Å²) in [4.78, 5) is 34.3. The number of fused-ring (bicyclic) bond motifs is 2. The number of ether oxygens (including phenoxy) is 1. The number of aryl methyl sites for hydroxylation is 1. The number of amides is 2. The van der Waals surface area contributed by atoms with Gasteiger partial charge in [-0.15, -0.1) is 0 Å². The highest BCUT2D eigenvalue weighted by Crippen LogP contribution is 2.39. The van der Waals surface area contributed by atoms with Gasteiger partial charge in [0.05, 0.1) is 22.9 Å². The molecule has 40 heavy (non-hydrogen) atoms. The molecule has 0 saturated heterocycles. The summed E-state index contributed by atoms with van der Waals surface area (Å²) < 4.78 is 5.90. The fraction of sp³-hybridized carbons (Fsp3) is 0.344. The average molecular weight is 538 g/mol. The molecule has 2 aliphatic carbocycles. The zero-order valence-corrected chi connectivity index (χ0v) is 23.2. The average Bonchev–Trinajstić information content (AvgIpc) is 3.78. The second-order valence-electron chi connectivity index (χ2n) is 11.0. The molecule has 2 amide bonds. The van der Waals surface area contributed by atoms with Crippen molar-refractivity contribution in [1.29, 1.82) is 0 Å². The van der Waals surface area contributed by atoms with Crippen molar-refractivity contribution in [1.82, 2.24) is 15.8 Å². The van der Waals surface area contributed by atoms with Crippen LogP contribution in [0.25, 0.3) is 16.5 Å². The molecule has 6 rings (SSSR count). The molecule has 1 atom stereocenters. The van der Waals surface area contributed by atoms with Crippen LogP contribution >= 0.6 is 0 Å². The highest BCUT2D eigenvalue weighted by Gasteiger charge is 2.35. The van der Waals surface area contributed by atoms with Crippen LogP contribution in [0.2, 0.25) is 0 Å². The van der Waals surface area contributed by atoms with Gasteiger partial charge in [0, 0.05) is 41.9 Å². The number of pyridine rings is 1. The van der Waals surface area contributed by atoms with Gasteiger partial charge in [-0.05, 0) is 87.9 Å². The molecule has 3 aliphatic rings. The van der Waals surface area contributed by atoms with E-state index in [1.54, 1.807) is 22.8 Å². The topological polar surface area (TPSA) is 86.8 Å². The Morgan fingerprint density at radius 2 is 1.90 bits per heavy atom. The van der Waals surface area contributed by atoms with E-state index in [1.807, 2.05) is 56.3 Å². The number of carbonyl (C=O) groups excluding carboxylic acids is 2. The minimum Gasteiger partial charge on any atom is -0.410 e. The number of carbonyl (C=O) groups is 2. The van der Waals surface area contributed by atoms with Crippen molar-refractivity contribution < 1.29 is 14.3 Å². The summed E-state index contributed by atoms with van der Waals surface area (Å²) >= 11 is 0. The minimum atomic E-state index is -0.480. The Kier molecular flexibility index (Phi) is 7.02. The van der Waals surface area contributed by atoms with Gasteiger partial charge in [-0.25, -0.2) is 10.2 Å². The molecule has 2 heterocycles. The number of benzene rings is 2. The lowest BCUT2D eigenvalue weighted by Crippen LogP contribution is -2.52. The highest BCUT2D eigenvalue weighted by atomic mass is 16.6. The molecular formula is C32H35N5O3. The van der Waals surface area contributed by atoms with Gasteiger partial charge in [-0.3, -0.25) is 14.7 Å². The third-order valence-corrected chi connectivity index (χ3v) is 7.70. The molecule has 0 bridgehead atoms. The van der Waals surface area contributed by atoms with Gasteiger partial charge >= 0.3 is 6.09 Å². The van der Waals surface area contributed by atoms with Crippen LogP contribution in [0, 0.1) is 6.92 Å². The minimum absolute atomic E-state index is 0.0589. The molecule has 1 saturated carbocycles. The zero-order valence-electron chi connectivity index (χ0n) is 23.2. The number of allylic oxidation sites excluding steroid dienone is 4. The summed E-state index contributed by atoms with van der Waals surface area (Å²) in [7, 11) is 0. The number of aromatic nitrogens is 1. The van der Waals surface area contributed by atoms with E-state index < -0.39 is 6.09 Å². The van der Waals surface area contributed by atoms with E-state index in [2.05, 4.69) is 28.0 Å².